The first-order valence-corrected chi connectivity index (χ1v) is 7.60. The largest absolute Gasteiger partial charge is 0.467 e. The monoisotopic (exact) mass is 326 g/mol. The molecule has 1 N–H and O–H groups in total. The summed E-state index contributed by atoms with van der Waals surface area (Å²) in [5.41, 5.74) is -1.83. The third-order valence-electron chi connectivity index (χ3n) is 3.67. The normalized spacial score (nSPS) is 22.2. The molecule has 1 aliphatic heterocycles. The van der Waals surface area contributed by atoms with E-state index in [4.69, 9.17) is 9.47 Å². The molecule has 7 nitrogen and oxygen atoms in total. The summed E-state index contributed by atoms with van der Waals surface area (Å²) in [6.07, 6.45) is 1.86. The number of nitrogens with one attached hydrogen (secondary N) is 1. The molecule has 130 valence electrons. The van der Waals surface area contributed by atoms with Crippen LogP contribution >= 0.6 is 0 Å². The highest BCUT2D eigenvalue weighted by Gasteiger charge is 2.49. The number of carbonyl (C=O) groups is 3. The zero-order valence-corrected chi connectivity index (χ0v) is 14.5. The minimum absolute atomic E-state index is 0.376. The topological polar surface area (TPSA) is 84.9 Å². The van der Waals surface area contributed by atoms with Crippen molar-refractivity contribution in [3.63, 3.8) is 0 Å². The standard InChI is InChI=1S/C16H26N2O5/c1-7-16(13(20)22-6)9-8-10-18(16)12(19)11(2)17-14(21)23-15(3,4)5/h7,11H,1,8-10H2,2-6H3,(H,17,21)/t11-,16?/m0/s1. The summed E-state index contributed by atoms with van der Waals surface area (Å²) in [7, 11) is 1.27. The minimum atomic E-state index is -1.17. The number of esters is 1. The zero-order valence-electron chi connectivity index (χ0n) is 14.5. The number of amides is 2. The van der Waals surface area contributed by atoms with Crippen LogP contribution < -0.4 is 5.32 Å². The lowest BCUT2D eigenvalue weighted by atomic mass is 9.96. The van der Waals surface area contributed by atoms with Gasteiger partial charge >= 0.3 is 12.1 Å². The predicted octanol–water partition coefficient (Wildman–Crippen LogP) is 1.62. The summed E-state index contributed by atoms with van der Waals surface area (Å²) >= 11 is 0. The number of likely N-dealkylation sites (tertiary alicyclic amines) is 1. The molecule has 0 bridgehead atoms. The maximum absolute atomic E-state index is 12.6. The SMILES string of the molecule is C=CC1(C(=O)OC)CCCN1C(=O)[C@H](C)NC(=O)OC(C)(C)C. The quantitative estimate of drug-likeness (QED) is 0.627. The van der Waals surface area contributed by atoms with E-state index < -0.39 is 29.2 Å². The maximum atomic E-state index is 12.6. The van der Waals surface area contributed by atoms with Crippen LogP contribution in [0, 0.1) is 0 Å². The average molecular weight is 326 g/mol. The molecule has 0 aromatic rings. The molecule has 1 rings (SSSR count). The first kappa shape index (κ1) is 19.0. The van der Waals surface area contributed by atoms with Crippen LogP contribution in [0.2, 0.25) is 0 Å². The molecule has 2 atom stereocenters. The highest BCUT2D eigenvalue weighted by Crippen LogP contribution is 2.32. The van der Waals surface area contributed by atoms with E-state index in [2.05, 4.69) is 11.9 Å². The van der Waals surface area contributed by atoms with E-state index >= 15 is 0 Å². The highest BCUT2D eigenvalue weighted by atomic mass is 16.6. The van der Waals surface area contributed by atoms with Gasteiger partial charge in [0.05, 0.1) is 7.11 Å². The van der Waals surface area contributed by atoms with Crippen molar-refractivity contribution in [2.45, 2.75) is 57.7 Å². The zero-order chi connectivity index (χ0) is 17.8. The lowest BCUT2D eigenvalue weighted by Crippen LogP contribution is -2.57. The van der Waals surface area contributed by atoms with Crippen LogP contribution in [-0.4, -0.2) is 53.7 Å². The molecule has 0 radical (unpaired) electrons. The number of nitrogens with zero attached hydrogens (tertiary/aromatic N) is 1. The molecule has 1 fully saturated rings. The van der Waals surface area contributed by atoms with E-state index in [0.717, 1.165) is 0 Å². The molecule has 0 spiro atoms. The third-order valence-corrected chi connectivity index (χ3v) is 3.67. The van der Waals surface area contributed by atoms with Crippen molar-refractivity contribution in [2.24, 2.45) is 0 Å². The molecule has 1 unspecified atom stereocenters. The summed E-state index contributed by atoms with van der Waals surface area (Å²) in [5.74, 6) is -0.901. The van der Waals surface area contributed by atoms with E-state index in [-0.39, 0.29) is 5.91 Å². The van der Waals surface area contributed by atoms with Crippen molar-refractivity contribution in [1.82, 2.24) is 10.2 Å². The van der Waals surface area contributed by atoms with Gasteiger partial charge in [0, 0.05) is 6.54 Å². The van der Waals surface area contributed by atoms with Gasteiger partial charge in [0.2, 0.25) is 5.91 Å². The third kappa shape index (κ3) is 4.24. The van der Waals surface area contributed by atoms with Crippen molar-refractivity contribution in [2.75, 3.05) is 13.7 Å². The van der Waals surface area contributed by atoms with Crippen LogP contribution in [0.4, 0.5) is 4.79 Å². The lowest BCUT2D eigenvalue weighted by molar-refractivity contribution is -0.156. The summed E-state index contributed by atoms with van der Waals surface area (Å²) in [5, 5.41) is 2.49. The summed E-state index contributed by atoms with van der Waals surface area (Å²) in [6, 6.07) is -0.827. The lowest BCUT2D eigenvalue weighted by Gasteiger charge is -2.35. The molecule has 1 aliphatic rings. The van der Waals surface area contributed by atoms with Gasteiger partial charge < -0.3 is 19.7 Å². The number of methoxy groups -OCH3 is 1. The van der Waals surface area contributed by atoms with Gasteiger partial charge in [-0.25, -0.2) is 9.59 Å². The smallest absolute Gasteiger partial charge is 0.408 e. The fraction of sp³-hybridized carbons (Fsp3) is 0.688. The molecule has 23 heavy (non-hydrogen) atoms. The molecule has 1 heterocycles. The van der Waals surface area contributed by atoms with Crippen LogP contribution in [0.3, 0.4) is 0 Å². The number of ether oxygens (including phenoxy) is 2. The number of hydrogen-bond donors (Lipinski definition) is 1. The fourth-order valence-corrected chi connectivity index (χ4v) is 2.61. The Labute approximate surface area is 137 Å². The second-order valence-corrected chi connectivity index (χ2v) is 6.58. The van der Waals surface area contributed by atoms with Crippen molar-refractivity contribution in [3.05, 3.63) is 12.7 Å². The van der Waals surface area contributed by atoms with Gasteiger partial charge in [-0.05, 0) is 40.5 Å². The predicted molar refractivity (Wildman–Crippen MR) is 84.7 cm³/mol. The molecular formula is C16H26N2O5. The summed E-state index contributed by atoms with van der Waals surface area (Å²) < 4.78 is 9.95. The molecular weight excluding hydrogens is 300 g/mol. The summed E-state index contributed by atoms with van der Waals surface area (Å²) in [4.78, 5) is 38.0. The molecule has 0 saturated carbocycles. The van der Waals surface area contributed by atoms with Crippen LogP contribution in [0.1, 0.15) is 40.5 Å². The van der Waals surface area contributed by atoms with Gasteiger partial charge in [-0.3, -0.25) is 4.79 Å². The van der Waals surface area contributed by atoms with Gasteiger partial charge in [0.25, 0.3) is 0 Å². The molecule has 2 amide bonds. The van der Waals surface area contributed by atoms with E-state index in [1.165, 1.54) is 18.1 Å². The Morgan fingerprint density at radius 3 is 2.43 bits per heavy atom. The van der Waals surface area contributed by atoms with E-state index in [1.54, 1.807) is 27.7 Å². The summed E-state index contributed by atoms with van der Waals surface area (Å²) in [6.45, 7) is 10.8. The molecule has 0 aromatic carbocycles. The first-order chi connectivity index (χ1) is 10.6. The molecule has 1 saturated heterocycles. The Balaban J connectivity index is 2.84. The number of hydrogen-bond acceptors (Lipinski definition) is 5. The van der Waals surface area contributed by atoms with Gasteiger partial charge in [0.1, 0.15) is 11.6 Å². The second-order valence-electron chi connectivity index (χ2n) is 6.58. The van der Waals surface area contributed by atoms with Crippen LogP contribution in [0.25, 0.3) is 0 Å². The van der Waals surface area contributed by atoms with Crippen LogP contribution in [0.15, 0.2) is 12.7 Å². The number of carbonyl (C=O) groups excluding carboxylic acids is 3. The van der Waals surface area contributed by atoms with E-state index in [1.807, 2.05) is 0 Å². The molecule has 0 aromatic heterocycles. The van der Waals surface area contributed by atoms with Crippen LogP contribution in [-0.2, 0) is 19.1 Å². The second kappa shape index (κ2) is 7.02. The Morgan fingerprint density at radius 2 is 1.96 bits per heavy atom. The molecule has 7 heteroatoms. The maximum Gasteiger partial charge on any atom is 0.408 e. The Hall–Kier alpha value is -2.05. The highest BCUT2D eigenvalue weighted by molar-refractivity contribution is 5.93. The Morgan fingerprint density at radius 1 is 1.35 bits per heavy atom. The van der Waals surface area contributed by atoms with Crippen molar-refractivity contribution in [3.8, 4) is 0 Å². The van der Waals surface area contributed by atoms with Crippen molar-refractivity contribution in [1.29, 1.82) is 0 Å². The van der Waals surface area contributed by atoms with Crippen molar-refractivity contribution < 1.29 is 23.9 Å². The minimum Gasteiger partial charge on any atom is -0.467 e. The Kier molecular flexibility index (Phi) is 5.80. The Bertz CT molecular complexity index is 497. The first-order valence-electron chi connectivity index (χ1n) is 7.60. The van der Waals surface area contributed by atoms with Crippen molar-refractivity contribution >= 4 is 18.0 Å². The average Bonchev–Trinajstić information content (AvgIpc) is 2.88. The van der Waals surface area contributed by atoms with Gasteiger partial charge in [-0.1, -0.05) is 6.08 Å². The van der Waals surface area contributed by atoms with Gasteiger partial charge in [-0.15, -0.1) is 6.58 Å². The fourth-order valence-electron chi connectivity index (χ4n) is 2.61. The van der Waals surface area contributed by atoms with E-state index in [9.17, 15) is 14.4 Å². The van der Waals surface area contributed by atoms with Crippen LogP contribution in [0.5, 0.6) is 0 Å². The number of rotatable bonds is 4. The molecule has 0 aliphatic carbocycles. The number of alkyl carbamates (subject to hydrolysis) is 1. The van der Waals surface area contributed by atoms with E-state index in [0.29, 0.717) is 19.4 Å². The van der Waals surface area contributed by atoms with Gasteiger partial charge in [-0.2, -0.15) is 0 Å². The van der Waals surface area contributed by atoms with Gasteiger partial charge in [0.15, 0.2) is 5.54 Å².